The fourth-order valence-corrected chi connectivity index (χ4v) is 1.36. The van der Waals surface area contributed by atoms with Crippen molar-refractivity contribution >= 4 is 11.4 Å². The van der Waals surface area contributed by atoms with Crippen LogP contribution in [0, 0.1) is 5.39 Å². The molecule has 0 saturated carbocycles. The van der Waals surface area contributed by atoms with Crippen molar-refractivity contribution < 1.29 is 0 Å². The molecule has 0 aliphatic heterocycles. The summed E-state index contributed by atoms with van der Waals surface area (Å²) in [5.41, 5.74) is 2.80. The second-order valence-electron chi connectivity index (χ2n) is 3.30. The van der Waals surface area contributed by atoms with Gasteiger partial charge in [-0.05, 0) is 18.1 Å². The first-order chi connectivity index (χ1) is 6.69. The zero-order chi connectivity index (χ0) is 10.6. The van der Waals surface area contributed by atoms with E-state index in [1.54, 1.807) is 6.07 Å². The lowest BCUT2D eigenvalue weighted by molar-refractivity contribution is 1.10. The summed E-state index contributed by atoms with van der Waals surface area (Å²) in [4.78, 5) is 5.16. The van der Waals surface area contributed by atoms with Crippen LogP contribution in [-0.4, -0.2) is 14.1 Å². The highest BCUT2D eigenvalue weighted by Crippen LogP contribution is 2.25. The Hall–Kier alpha value is -1.82. The normalized spacial score (nSPS) is 9.21. The Labute approximate surface area is 84.3 Å². The van der Waals surface area contributed by atoms with Crippen molar-refractivity contribution in [3.63, 3.8) is 0 Å². The van der Waals surface area contributed by atoms with E-state index >= 15 is 0 Å². The van der Waals surface area contributed by atoms with E-state index in [1.165, 1.54) is 5.56 Å². The van der Waals surface area contributed by atoms with Crippen molar-refractivity contribution in [3.8, 4) is 0 Å². The van der Waals surface area contributed by atoms with Gasteiger partial charge in [0, 0.05) is 25.8 Å². The van der Waals surface area contributed by atoms with Crippen molar-refractivity contribution in [2.24, 2.45) is 0 Å². The topological polar surface area (TPSA) is 31.4 Å². The highest BCUT2D eigenvalue weighted by Gasteiger charge is 2.10. The molecule has 0 N–H and O–H groups in total. The Morgan fingerprint density at radius 1 is 1.50 bits per heavy atom. The molecule has 1 aromatic rings. The Morgan fingerprint density at radius 3 is 2.71 bits per heavy atom. The third-order valence-electron chi connectivity index (χ3n) is 2.03. The number of anilines is 1. The SMILES string of the molecule is C=CCc1ccc([N+]#N)cc1N(C)C. The van der Waals surface area contributed by atoms with Crippen molar-refractivity contribution in [1.29, 1.82) is 5.39 Å². The maximum absolute atomic E-state index is 8.65. The minimum absolute atomic E-state index is 0.571. The van der Waals surface area contributed by atoms with Crippen molar-refractivity contribution in [1.82, 2.24) is 0 Å². The molecule has 0 bridgehead atoms. The number of diazo groups is 1. The highest BCUT2D eigenvalue weighted by atomic mass is 15.1. The summed E-state index contributed by atoms with van der Waals surface area (Å²) in [5, 5.41) is 8.65. The Kier molecular flexibility index (Phi) is 3.24. The van der Waals surface area contributed by atoms with Gasteiger partial charge in [0.05, 0.1) is 6.07 Å². The third-order valence-corrected chi connectivity index (χ3v) is 2.03. The molecule has 0 heterocycles. The van der Waals surface area contributed by atoms with Gasteiger partial charge in [-0.2, -0.15) is 0 Å². The highest BCUT2D eigenvalue weighted by molar-refractivity contribution is 5.62. The lowest BCUT2D eigenvalue weighted by Gasteiger charge is -2.15. The predicted octanol–water partition coefficient (Wildman–Crippen LogP) is 2.97. The standard InChI is InChI=1S/C11H14N3/c1-4-5-9-6-7-10(13-12)8-11(9)14(2)3/h4,6-8H,1,5H2,2-3H3/q+1. The molecular formula is C11H14N3+. The predicted molar refractivity (Wildman–Crippen MR) is 59.4 cm³/mol. The van der Waals surface area contributed by atoms with Crippen LogP contribution in [0.1, 0.15) is 5.56 Å². The third kappa shape index (κ3) is 2.11. The monoisotopic (exact) mass is 188 g/mol. The molecule has 1 aromatic carbocycles. The largest absolute Gasteiger partial charge is 0.387 e. The van der Waals surface area contributed by atoms with Crippen LogP contribution in [0.4, 0.5) is 11.4 Å². The number of hydrogen-bond acceptors (Lipinski definition) is 2. The van der Waals surface area contributed by atoms with E-state index in [0.29, 0.717) is 5.69 Å². The van der Waals surface area contributed by atoms with Crippen LogP contribution in [-0.2, 0) is 6.42 Å². The lowest BCUT2D eigenvalue weighted by Crippen LogP contribution is -2.10. The molecule has 1 rings (SSSR count). The first-order valence-corrected chi connectivity index (χ1v) is 4.45. The van der Waals surface area contributed by atoms with Gasteiger partial charge >= 0.3 is 5.69 Å². The van der Waals surface area contributed by atoms with Crippen LogP contribution < -0.4 is 4.90 Å². The van der Waals surface area contributed by atoms with E-state index in [9.17, 15) is 0 Å². The maximum Gasteiger partial charge on any atom is 0.387 e. The summed E-state index contributed by atoms with van der Waals surface area (Å²) in [5.74, 6) is 0. The van der Waals surface area contributed by atoms with E-state index in [4.69, 9.17) is 5.39 Å². The quantitative estimate of drug-likeness (QED) is 0.539. The molecule has 0 saturated heterocycles. The van der Waals surface area contributed by atoms with Crippen molar-refractivity contribution in [3.05, 3.63) is 41.4 Å². The summed E-state index contributed by atoms with van der Waals surface area (Å²) in [6.45, 7) is 3.71. The van der Waals surface area contributed by atoms with Crippen molar-refractivity contribution in [2.45, 2.75) is 6.42 Å². The number of nitrogens with zero attached hydrogens (tertiary/aromatic N) is 3. The second-order valence-corrected chi connectivity index (χ2v) is 3.30. The van der Waals surface area contributed by atoms with Gasteiger partial charge in [0.2, 0.25) is 5.39 Å². The zero-order valence-corrected chi connectivity index (χ0v) is 8.57. The molecule has 0 aliphatic rings. The van der Waals surface area contributed by atoms with Gasteiger partial charge in [0.25, 0.3) is 0 Å². The molecular weight excluding hydrogens is 174 g/mol. The molecule has 72 valence electrons. The Bertz CT molecular complexity index is 375. The summed E-state index contributed by atoms with van der Waals surface area (Å²) >= 11 is 0. The summed E-state index contributed by atoms with van der Waals surface area (Å²) < 4.78 is 0. The van der Waals surface area contributed by atoms with Gasteiger partial charge < -0.3 is 4.90 Å². The Balaban J connectivity index is 3.18. The molecule has 3 nitrogen and oxygen atoms in total. The van der Waals surface area contributed by atoms with E-state index < -0.39 is 0 Å². The molecule has 0 radical (unpaired) electrons. The van der Waals surface area contributed by atoms with E-state index in [1.807, 2.05) is 37.2 Å². The number of allylic oxidation sites excluding steroid dienone is 1. The van der Waals surface area contributed by atoms with Crippen LogP contribution in [0.15, 0.2) is 30.9 Å². The van der Waals surface area contributed by atoms with Gasteiger partial charge in [-0.1, -0.05) is 6.08 Å². The van der Waals surface area contributed by atoms with E-state index in [-0.39, 0.29) is 0 Å². The zero-order valence-electron chi connectivity index (χ0n) is 8.57. The maximum atomic E-state index is 8.65. The average molecular weight is 188 g/mol. The smallest absolute Gasteiger partial charge is 0.377 e. The number of benzene rings is 1. The van der Waals surface area contributed by atoms with Crippen LogP contribution >= 0.6 is 0 Å². The fraction of sp³-hybridized carbons (Fsp3) is 0.273. The lowest BCUT2D eigenvalue weighted by atomic mass is 10.1. The molecule has 0 fully saturated rings. The molecule has 0 spiro atoms. The molecule has 0 amide bonds. The van der Waals surface area contributed by atoms with Gasteiger partial charge in [-0.15, -0.1) is 6.58 Å². The fourth-order valence-electron chi connectivity index (χ4n) is 1.36. The first kappa shape index (κ1) is 10.3. The minimum Gasteiger partial charge on any atom is -0.377 e. The molecule has 0 aromatic heterocycles. The van der Waals surface area contributed by atoms with Crippen LogP contribution in [0.2, 0.25) is 0 Å². The molecule has 0 aliphatic carbocycles. The first-order valence-electron chi connectivity index (χ1n) is 4.45. The molecule has 3 heteroatoms. The van der Waals surface area contributed by atoms with Crippen LogP contribution in [0.25, 0.3) is 4.98 Å². The van der Waals surface area contributed by atoms with Crippen molar-refractivity contribution in [2.75, 3.05) is 19.0 Å². The Morgan fingerprint density at radius 2 is 2.21 bits per heavy atom. The summed E-state index contributed by atoms with van der Waals surface area (Å²) in [6.07, 6.45) is 2.68. The van der Waals surface area contributed by atoms with Gasteiger partial charge in [-0.3, -0.25) is 0 Å². The summed E-state index contributed by atoms with van der Waals surface area (Å²) in [7, 11) is 3.92. The van der Waals surface area contributed by atoms with Crippen LogP contribution in [0.5, 0.6) is 0 Å². The van der Waals surface area contributed by atoms with Gasteiger partial charge in [0.15, 0.2) is 4.98 Å². The second kappa shape index (κ2) is 4.43. The van der Waals surface area contributed by atoms with Crippen LogP contribution in [0.3, 0.4) is 0 Å². The van der Waals surface area contributed by atoms with Gasteiger partial charge in [-0.25, -0.2) is 0 Å². The van der Waals surface area contributed by atoms with E-state index in [2.05, 4.69) is 11.6 Å². The molecule has 14 heavy (non-hydrogen) atoms. The van der Waals surface area contributed by atoms with E-state index in [0.717, 1.165) is 12.1 Å². The number of rotatable bonds is 3. The average Bonchev–Trinajstić information content (AvgIpc) is 2.18. The minimum atomic E-state index is 0.571. The summed E-state index contributed by atoms with van der Waals surface area (Å²) in [6, 6.07) is 5.58. The van der Waals surface area contributed by atoms with Gasteiger partial charge in [0.1, 0.15) is 0 Å². The molecule has 0 atom stereocenters. The molecule has 0 unspecified atom stereocenters. The number of hydrogen-bond donors (Lipinski definition) is 0.